The number of nitriles is 1. The lowest BCUT2D eigenvalue weighted by atomic mass is 10.2. The van der Waals surface area contributed by atoms with Gasteiger partial charge in [0.05, 0.1) is 10.7 Å². The van der Waals surface area contributed by atoms with Gasteiger partial charge in [0.2, 0.25) is 0 Å². The molecule has 4 nitrogen and oxygen atoms in total. The summed E-state index contributed by atoms with van der Waals surface area (Å²) < 4.78 is 0. The smallest absolute Gasteiger partial charge is 0.267 e. The van der Waals surface area contributed by atoms with Crippen molar-refractivity contribution in [1.29, 1.82) is 5.26 Å². The normalized spacial score (nSPS) is 10.8. The Hall–Kier alpha value is -2.48. The van der Waals surface area contributed by atoms with Crippen LogP contribution >= 0.6 is 23.2 Å². The van der Waals surface area contributed by atoms with Crippen molar-refractivity contribution in [3.05, 3.63) is 75.9 Å². The van der Waals surface area contributed by atoms with Crippen LogP contribution in [0.2, 0.25) is 10.0 Å². The highest BCUT2D eigenvalue weighted by molar-refractivity contribution is 6.34. The molecule has 0 radical (unpaired) electrons. The van der Waals surface area contributed by atoms with Crippen LogP contribution in [0.3, 0.4) is 0 Å². The third-order valence-electron chi connectivity index (χ3n) is 3.21. The molecular weight excluding hydrogens is 345 g/mol. The van der Waals surface area contributed by atoms with Crippen LogP contribution in [0.1, 0.15) is 5.56 Å². The first kappa shape index (κ1) is 17.9. The van der Waals surface area contributed by atoms with Crippen molar-refractivity contribution in [2.45, 2.75) is 6.54 Å². The fourth-order valence-corrected chi connectivity index (χ4v) is 2.43. The van der Waals surface area contributed by atoms with E-state index in [1.54, 1.807) is 42.3 Å². The Kier molecular flexibility index (Phi) is 6.25. The van der Waals surface area contributed by atoms with Crippen LogP contribution in [0.25, 0.3) is 0 Å². The van der Waals surface area contributed by atoms with Gasteiger partial charge in [0.25, 0.3) is 5.91 Å². The van der Waals surface area contributed by atoms with Crippen LogP contribution in [0.15, 0.2) is 60.3 Å². The summed E-state index contributed by atoms with van der Waals surface area (Å²) in [7, 11) is 1.77. The molecule has 0 bridgehead atoms. The van der Waals surface area contributed by atoms with Crippen molar-refractivity contribution in [2.75, 3.05) is 12.4 Å². The van der Waals surface area contributed by atoms with Crippen molar-refractivity contribution in [1.82, 2.24) is 4.90 Å². The highest BCUT2D eigenvalue weighted by Gasteiger charge is 2.12. The van der Waals surface area contributed by atoms with Gasteiger partial charge in [0, 0.05) is 24.8 Å². The van der Waals surface area contributed by atoms with Gasteiger partial charge in [-0.3, -0.25) is 4.79 Å². The summed E-state index contributed by atoms with van der Waals surface area (Å²) in [6.07, 6.45) is 1.48. The number of halogens is 2. The van der Waals surface area contributed by atoms with Gasteiger partial charge in [0.1, 0.15) is 11.6 Å². The Bertz CT molecular complexity index is 812. The summed E-state index contributed by atoms with van der Waals surface area (Å²) >= 11 is 12.1. The molecule has 6 heteroatoms. The van der Waals surface area contributed by atoms with E-state index in [9.17, 15) is 10.1 Å². The van der Waals surface area contributed by atoms with Gasteiger partial charge >= 0.3 is 0 Å². The topological polar surface area (TPSA) is 56.1 Å². The van der Waals surface area contributed by atoms with E-state index in [-0.39, 0.29) is 5.57 Å². The third-order valence-corrected chi connectivity index (χ3v) is 3.91. The van der Waals surface area contributed by atoms with E-state index in [0.717, 1.165) is 5.56 Å². The summed E-state index contributed by atoms with van der Waals surface area (Å²) in [6, 6.07) is 16.2. The number of anilines is 1. The zero-order valence-electron chi connectivity index (χ0n) is 13.0. The number of para-hydroxylation sites is 1. The Morgan fingerprint density at radius 2 is 1.79 bits per heavy atom. The minimum atomic E-state index is -0.517. The largest absolute Gasteiger partial charge is 0.375 e. The molecular formula is C18H15Cl2N3O. The van der Waals surface area contributed by atoms with Gasteiger partial charge in [-0.2, -0.15) is 5.26 Å². The Morgan fingerprint density at radius 1 is 1.17 bits per heavy atom. The summed E-state index contributed by atoms with van der Waals surface area (Å²) in [5.74, 6) is -0.517. The van der Waals surface area contributed by atoms with Gasteiger partial charge < -0.3 is 10.2 Å². The lowest BCUT2D eigenvalue weighted by Gasteiger charge is -2.16. The first-order chi connectivity index (χ1) is 11.5. The zero-order valence-corrected chi connectivity index (χ0v) is 14.5. The van der Waals surface area contributed by atoms with E-state index in [1.165, 1.54) is 6.20 Å². The minimum absolute atomic E-state index is 0.0236. The fraction of sp³-hybridized carbons (Fsp3) is 0.111. The average molecular weight is 360 g/mol. The van der Waals surface area contributed by atoms with Crippen LogP contribution in [0.5, 0.6) is 0 Å². The molecule has 1 N–H and O–H groups in total. The lowest BCUT2D eigenvalue weighted by molar-refractivity contribution is -0.112. The molecule has 0 aliphatic heterocycles. The molecule has 2 aromatic carbocycles. The van der Waals surface area contributed by atoms with E-state index in [2.05, 4.69) is 5.32 Å². The number of carbonyl (C=O) groups excluding carboxylic acids is 1. The van der Waals surface area contributed by atoms with E-state index in [1.807, 2.05) is 24.3 Å². The lowest BCUT2D eigenvalue weighted by Crippen LogP contribution is -2.18. The van der Waals surface area contributed by atoms with Gasteiger partial charge in [-0.15, -0.1) is 0 Å². The molecule has 0 aliphatic rings. The number of benzene rings is 2. The molecule has 2 aromatic rings. The minimum Gasteiger partial charge on any atom is -0.375 e. The van der Waals surface area contributed by atoms with Crippen molar-refractivity contribution >= 4 is 34.8 Å². The first-order valence-electron chi connectivity index (χ1n) is 7.12. The van der Waals surface area contributed by atoms with Crippen molar-refractivity contribution in [3.8, 4) is 6.07 Å². The van der Waals surface area contributed by atoms with Crippen LogP contribution in [0, 0.1) is 11.3 Å². The van der Waals surface area contributed by atoms with E-state index < -0.39 is 5.91 Å². The molecule has 0 fully saturated rings. The summed E-state index contributed by atoms with van der Waals surface area (Å²) in [6.45, 7) is 0.476. The van der Waals surface area contributed by atoms with Crippen molar-refractivity contribution in [2.24, 2.45) is 0 Å². The standard InChI is InChI=1S/C18H15Cl2N3O/c1-23(11-13-6-2-3-7-15(13)19)12-14(10-21)18(24)22-17-9-5-4-8-16(17)20/h2-9,12H,11H2,1H3,(H,22,24)/b14-12-. The fourth-order valence-electron chi connectivity index (χ4n) is 2.05. The number of amides is 1. The highest BCUT2D eigenvalue weighted by Crippen LogP contribution is 2.21. The van der Waals surface area contributed by atoms with Crippen molar-refractivity contribution < 1.29 is 4.79 Å². The van der Waals surface area contributed by atoms with Crippen LogP contribution in [-0.4, -0.2) is 17.9 Å². The maximum Gasteiger partial charge on any atom is 0.267 e. The van der Waals surface area contributed by atoms with Crippen LogP contribution in [0.4, 0.5) is 5.69 Å². The molecule has 24 heavy (non-hydrogen) atoms. The Morgan fingerprint density at radius 3 is 2.42 bits per heavy atom. The van der Waals surface area contributed by atoms with Gasteiger partial charge in [-0.05, 0) is 23.8 Å². The van der Waals surface area contributed by atoms with Gasteiger partial charge in [0.15, 0.2) is 0 Å². The van der Waals surface area contributed by atoms with E-state index >= 15 is 0 Å². The number of hydrogen-bond acceptors (Lipinski definition) is 3. The molecule has 0 saturated heterocycles. The number of carbonyl (C=O) groups is 1. The summed E-state index contributed by atoms with van der Waals surface area (Å²) in [5.41, 5.74) is 1.34. The molecule has 122 valence electrons. The molecule has 0 unspecified atom stereocenters. The van der Waals surface area contributed by atoms with Crippen LogP contribution in [-0.2, 0) is 11.3 Å². The highest BCUT2D eigenvalue weighted by atomic mass is 35.5. The second-order valence-electron chi connectivity index (χ2n) is 5.10. The monoisotopic (exact) mass is 359 g/mol. The quantitative estimate of drug-likeness (QED) is 0.632. The first-order valence-corrected chi connectivity index (χ1v) is 7.88. The summed E-state index contributed by atoms with van der Waals surface area (Å²) in [4.78, 5) is 14.0. The van der Waals surface area contributed by atoms with Crippen molar-refractivity contribution in [3.63, 3.8) is 0 Å². The molecule has 0 saturated carbocycles. The molecule has 0 heterocycles. The SMILES string of the molecule is CN(/C=C(/C#N)C(=O)Nc1ccccc1Cl)Cc1ccccc1Cl. The predicted octanol–water partition coefficient (Wildman–Crippen LogP) is 4.47. The molecule has 2 rings (SSSR count). The number of nitrogens with one attached hydrogen (secondary N) is 1. The number of rotatable bonds is 5. The second-order valence-corrected chi connectivity index (χ2v) is 5.91. The van der Waals surface area contributed by atoms with E-state index in [4.69, 9.17) is 23.2 Å². The van der Waals surface area contributed by atoms with E-state index in [0.29, 0.717) is 22.3 Å². The molecule has 0 aliphatic carbocycles. The van der Waals surface area contributed by atoms with Gasteiger partial charge in [-0.1, -0.05) is 53.5 Å². The molecule has 1 amide bonds. The maximum atomic E-state index is 12.2. The third kappa shape index (κ3) is 4.76. The van der Waals surface area contributed by atoms with Gasteiger partial charge in [-0.25, -0.2) is 0 Å². The molecule has 0 aromatic heterocycles. The number of hydrogen-bond donors (Lipinski definition) is 1. The van der Waals surface area contributed by atoms with Crippen LogP contribution < -0.4 is 5.32 Å². The average Bonchev–Trinajstić information content (AvgIpc) is 2.56. The Balaban J connectivity index is 2.11. The summed E-state index contributed by atoms with van der Waals surface area (Å²) in [5, 5.41) is 12.9. The Labute approximate surface area is 150 Å². The second kappa shape index (κ2) is 8.39. The maximum absolute atomic E-state index is 12.2. The predicted molar refractivity (Wildman–Crippen MR) is 96.7 cm³/mol. The number of nitrogens with zero attached hydrogens (tertiary/aromatic N) is 2. The molecule has 0 atom stereocenters. The molecule has 0 spiro atoms. The zero-order chi connectivity index (χ0) is 17.5.